The number of hydrogen-bond donors (Lipinski definition) is 0. The quantitative estimate of drug-likeness (QED) is 0.460. The first-order valence-corrected chi connectivity index (χ1v) is 9.00. The Hall–Kier alpha value is -1.76. The molecule has 4 aromatic rings. The molecule has 0 aliphatic rings. The van der Waals surface area contributed by atoms with Crippen molar-refractivity contribution in [3.05, 3.63) is 62.1 Å². The van der Waals surface area contributed by atoms with Gasteiger partial charge in [-0.2, -0.15) is 0 Å². The first kappa shape index (κ1) is 13.9. The molecule has 0 saturated carbocycles. The molecule has 0 unspecified atom stereocenters. The van der Waals surface area contributed by atoms with Crippen LogP contribution < -0.4 is 5.63 Å². The van der Waals surface area contributed by atoms with Gasteiger partial charge in [0.2, 0.25) is 5.89 Å². The molecule has 3 aromatic heterocycles. The van der Waals surface area contributed by atoms with E-state index in [2.05, 4.69) is 20.9 Å². The van der Waals surface area contributed by atoms with Crippen molar-refractivity contribution in [3.8, 4) is 21.9 Å². The average Bonchev–Trinajstić information content (AvgIpc) is 3.17. The number of rotatable bonds is 2. The molecule has 0 atom stereocenters. The lowest BCUT2D eigenvalue weighted by Crippen LogP contribution is -2.01. The van der Waals surface area contributed by atoms with E-state index in [0.717, 1.165) is 20.5 Å². The Balaban J connectivity index is 1.93. The van der Waals surface area contributed by atoms with Gasteiger partial charge in [0.25, 0.3) is 0 Å². The second-order valence-corrected chi connectivity index (χ2v) is 7.34. The number of fused-ring (bicyclic) bond motifs is 1. The highest BCUT2D eigenvalue weighted by molar-refractivity contribution is 9.10. The maximum atomic E-state index is 12.4. The van der Waals surface area contributed by atoms with Crippen molar-refractivity contribution in [2.45, 2.75) is 0 Å². The monoisotopic (exact) mass is 389 g/mol. The van der Waals surface area contributed by atoms with E-state index in [-0.39, 0.29) is 5.63 Å². The predicted molar refractivity (Wildman–Crippen MR) is 94.6 cm³/mol. The second kappa shape index (κ2) is 5.46. The minimum Gasteiger partial charge on any atom is -0.402 e. The van der Waals surface area contributed by atoms with Gasteiger partial charge in [0.05, 0.1) is 4.88 Å². The Kier molecular flexibility index (Phi) is 3.44. The summed E-state index contributed by atoms with van der Waals surface area (Å²) in [6, 6.07) is 11.6. The van der Waals surface area contributed by atoms with Crippen molar-refractivity contribution in [2.75, 3.05) is 0 Å². The number of hydrogen-bond acceptors (Lipinski definition) is 5. The zero-order valence-corrected chi connectivity index (χ0v) is 14.3. The summed E-state index contributed by atoms with van der Waals surface area (Å²) in [6.07, 6.45) is 0. The molecule has 0 amide bonds. The molecule has 0 aliphatic carbocycles. The van der Waals surface area contributed by atoms with Crippen molar-refractivity contribution in [2.24, 2.45) is 0 Å². The van der Waals surface area contributed by atoms with E-state index in [4.69, 9.17) is 4.42 Å². The van der Waals surface area contributed by atoms with Crippen molar-refractivity contribution in [3.63, 3.8) is 0 Å². The number of thiophene rings is 2. The summed E-state index contributed by atoms with van der Waals surface area (Å²) in [6.45, 7) is 0. The number of benzene rings is 1. The van der Waals surface area contributed by atoms with E-state index in [9.17, 15) is 4.79 Å². The Morgan fingerprint density at radius 2 is 1.91 bits per heavy atom. The van der Waals surface area contributed by atoms with E-state index in [1.54, 1.807) is 0 Å². The van der Waals surface area contributed by atoms with E-state index in [1.807, 2.05) is 47.2 Å². The van der Waals surface area contributed by atoms with Gasteiger partial charge in [-0.05, 0) is 29.1 Å². The third-order valence-corrected chi connectivity index (χ3v) is 5.51. The Morgan fingerprint density at radius 3 is 2.64 bits per heavy atom. The summed E-state index contributed by atoms with van der Waals surface area (Å²) in [7, 11) is 0. The molecule has 22 heavy (non-hydrogen) atoms. The van der Waals surface area contributed by atoms with Crippen LogP contribution in [0.15, 0.2) is 60.8 Å². The topological polar surface area (TPSA) is 43.1 Å². The van der Waals surface area contributed by atoms with Gasteiger partial charge in [0, 0.05) is 15.4 Å². The fraction of sp³-hybridized carbons (Fsp3) is 0. The molecule has 0 bridgehead atoms. The molecule has 108 valence electrons. The lowest BCUT2D eigenvalue weighted by Gasteiger charge is -2.00. The van der Waals surface area contributed by atoms with Crippen LogP contribution in [0.4, 0.5) is 0 Å². The van der Waals surface area contributed by atoms with Crippen LogP contribution in [-0.2, 0) is 0 Å². The lowest BCUT2D eigenvalue weighted by molar-refractivity contribution is 0.520. The highest BCUT2D eigenvalue weighted by Gasteiger charge is 2.15. The molecule has 3 heterocycles. The first-order chi connectivity index (χ1) is 10.7. The van der Waals surface area contributed by atoms with Crippen LogP contribution in [0.5, 0.6) is 0 Å². The zero-order valence-electron chi connectivity index (χ0n) is 11.1. The third-order valence-electron chi connectivity index (χ3n) is 3.26. The minimum atomic E-state index is -0.340. The first-order valence-electron chi connectivity index (χ1n) is 6.44. The molecular formula is C16H8BrNO2S2. The molecule has 0 aliphatic heterocycles. The molecule has 3 nitrogen and oxygen atoms in total. The Morgan fingerprint density at radius 1 is 1.09 bits per heavy atom. The fourth-order valence-electron chi connectivity index (χ4n) is 2.23. The van der Waals surface area contributed by atoms with Crippen molar-refractivity contribution >= 4 is 48.8 Å². The molecule has 6 heteroatoms. The van der Waals surface area contributed by atoms with E-state index >= 15 is 0 Å². The largest absolute Gasteiger partial charge is 0.402 e. The maximum absolute atomic E-state index is 12.4. The molecule has 0 saturated heterocycles. The summed E-state index contributed by atoms with van der Waals surface area (Å²) < 4.78 is 6.42. The lowest BCUT2D eigenvalue weighted by atomic mass is 10.1. The maximum Gasteiger partial charge on any atom is 0.348 e. The number of halogens is 1. The van der Waals surface area contributed by atoms with Gasteiger partial charge in [0.1, 0.15) is 10.2 Å². The van der Waals surface area contributed by atoms with Gasteiger partial charge in [-0.15, -0.1) is 22.7 Å². The van der Waals surface area contributed by atoms with Crippen LogP contribution in [-0.4, -0.2) is 4.98 Å². The van der Waals surface area contributed by atoms with E-state index in [0.29, 0.717) is 16.1 Å². The highest BCUT2D eigenvalue weighted by Crippen LogP contribution is 2.33. The van der Waals surface area contributed by atoms with Crippen LogP contribution in [0.3, 0.4) is 0 Å². The summed E-state index contributed by atoms with van der Waals surface area (Å²) in [4.78, 5) is 18.5. The second-order valence-electron chi connectivity index (χ2n) is 4.62. The third kappa shape index (κ3) is 2.33. The van der Waals surface area contributed by atoms with Gasteiger partial charge in [0.15, 0.2) is 0 Å². The van der Waals surface area contributed by atoms with Gasteiger partial charge < -0.3 is 4.42 Å². The van der Waals surface area contributed by atoms with E-state index in [1.165, 1.54) is 22.7 Å². The normalized spacial score (nSPS) is 11.1. The summed E-state index contributed by atoms with van der Waals surface area (Å²) in [5, 5.41) is 4.44. The Bertz CT molecular complexity index is 1000. The fourth-order valence-corrected chi connectivity index (χ4v) is 4.07. The van der Waals surface area contributed by atoms with E-state index < -0.39 is 0 Å². The average molecular weight is 390 g/mol. The van der Waals surface area contributed by atoms with Crippen LogP contribution in [0.2, 0.25) is 0 Å². The molecular weight excluding hydrogens is 382 g/mol. The van der Waals surface area contributed by atoms with Crippen LogP contribution >= 0.6 is 38.6 Å². The van der Waals surface area contributed by atoms with Crippen LogP contribution in [0.25, 0.3) is 32.1 Å². The van der Waals surface area contributed by atoms with Gasteiger partial charge in [-0.1, -0.05) is 34.1 Å². The zero-order chi connectivity index (χ0) is 15.1. The summed E-state index contributed by atoms with van der Waals surface area (Å²) in [5.74, 6) is 0.386. The molecule has 0 spiro atoms. The van der Waals surface area contributed by atoms with Gasteiger partial charge in [-0.3, -0.25) is 0 Å². The molecule has 4 rings (SSSR count). The number of nitrogens with zero attached hydrogens (tertiary/aromatic N) is 1. The molecule has 0 radical (unpaired) electrons. The van der Waals surface area contributed by atoms with Gasteiger partial charge >= 0.3 is 5.63 Å². The SMILES string of the molecule is O=c1oc(-c2cccs2)nc2scc(-c3ccc(Br)cc3)c12. The molecule has 0 fully saturated rings. The summed E-state index contributed by atoms with van der Waals surface area (Å²) >= 11 is 6.38. The Labute approximate surface area is 142 Å². The van der Waals surface area contributed by atoms with Gasteiger partial charge in [-0.25, -0.2) is 9.78 Å². The highest BCUT2D eigenvalue weighted by atomic mass is 79.9. The van der Waals surface area contributed by atoms with Crippen LogP contribution in [0.1, 0.15) is 0 Å². The van der Waals surface area contributed by atoms with Crippen molar-refractivity contribution in [1.29, 1.82) is 0 Å². The van der Waals surface area contributed by atoms with Crippen molar-refractivity contribution < 1.29 is 4.42 Å². The predicted octanol–water partition coefficient (Wildman–Crippen LogP) is 5.41. The molecule has 0 N–H and O–H groups in total. The van der Waals surface area contributed by atoms with Crippen molar-refractivity contribution in [1.82, 2.24) is 4.98 Å². The van der Waals surface area contributed by atoms with Crippen LogP contribution in [0, 0.1) is 0 Å². The number of aromatic nitrogens is 1. The smallest absolute Gasteiger partial charge is 0.348 e. The minimum absolute atomic E-state index is 0.340. The standard InChI is InChI=1S/C16H8BrNO2S2/c17-10-5-3-9(4-6-10)11-8-22-15-13(11)16(19)20-14(18-15)12-2-1-7-21-12/h1-8H. The molecule has 1 aromatic carbocycles. The summed E-state index contributed by atoms with van der Waals surface area (Å²) in [5.41, 5.74) is 1.51.